The van der Waals surface area contributed by atoms with Crippen LogP contribution >= 0.6 is 0 Å². The number of carbonyl (C=O) groups is 1. The lowest BCUT2D eigenvalue weighted by Gasteiger charge is -2.15. The molecule has 0 radical (unpaired) electrons. The number of pyridine rings is 1. The number of nitrogens with one attached hydrogen (secondary N) is 3. The highest BCUT2D eigenvalue weighted by atomic mass is 32.2. The zero-order chi connectivity index (χ0) is 23.9. The second-order valence-corrected chi connectivity index (χ2v) is 10.1. The Bertz CT molecular complexity index is 1520. The van der Waals surface area contributed by atoms with Gasteiger partial charge in [0.2, 0.25) is 15.9 Å². The summed E-state index contributed by atoms with van der Waals surface area (Å²) >= 11 is 0. The number of hydrogen-bond acceptors (Lipinski definition) is 6. The first-order valence-corrected chi connectivity index (χ1v) is 12.5. The molecule has 4 aromatic rings. The van der Waals surface area contributed by atoms with Gasteiger partial charge >= 0.3 is 0 Å². The summed E-state index contributed by atoms with van der Waals surface area (Å²) in [6.45, 7) is 1.57. The van der Waals surface area contributed by atoms with Crippen LogP contribution in [0.15, 0.2) is 72.8 Å². The van der Waals surface area contributed by atoms with Crippen LogP contribution in [-0.2, 0) is 14.8 Å². The van der Waals surface area contributed by atoms with Gasteiger partial charge in [-0.2, -0.15) is 0 Å². The molecule has 0 bridgehead atoms. The van der Waals surface area contributed by atoms with Crippen molar-refractivity contribution in [3.8, 4) is 0 Å². The Kier molecular flexibility index (Phi) is 5.33. The molecule has 172 valence electrons. The lowest BCUT2D eigenvalue weighted by Crippen LogP contribution is -2.16. The van der Waals surface area contributed by atoms with Crippen molar-refractivity contribution in [2.24, 2.45) is 0 Å². The molecule has 1 atom stereocenters. The van der Waals surface area contributed by atoms with Gasteiger partial charge in [0.25, 0.3) is 0 Å². The third-order valence-electron chi connectivity index (χ3n) is 5.76. The maximum Gasteiger partial charge on any atom is 0.238 e. The molecule has 5 rings (SSSR count). The standard InChI is InChI=1S/C25H23N5O3S/c1-2-34(32,33)30-17-11-12-21-19(13-17)24(25(31)29-21)23-14-22(18-5-3-4-6-20(18)28-23)27-16-9-7-15(26)8-10-16/h3-14,24,30H,2,26H2,1H3,(H,27,28)(H,29,31). The van der Waals surface area contributed by atoms with Crippen molar-refractivity contribution in [2.75, 3.05) is 26.8 Å². The van der Waals surface area contributed by atoms with Crippen LogP contribution in [0.5, 0.6) is 0 Å². The van der Waals surface area contributed by atoms with Crippen LogP contribution in [0.1, 0.15) is 24.1 Å². The third kappa shape index (κ3) is 4.13. The van der Waals surface area contributed by atoms with Crippen molar-refractivity contribution in [3.05, 3.63) is 84.1 Å². The first-order chi connectivity index (χ1) is 16.3. The molecule has 1 aliphatic rings. The SMILES string of the molecule is CCS(=O)(=O)Nc1ccc2c(c1)C(c1cc(Nc3ccc(N)cc3)c3ccccc3n1)C(=O)N2. The van der Waals surface area contributed by atoms with Gasteiger partial charge in [-0.05, 0) is 67.1 Å². The lowest BCUT2D eigenvalue weighted by atomic mass is 9.95. The summed E-state index contributed by atoms with van der Waals surface area (Å²) in [7, 11) is -3.45. The van der Waals surface area contributed by atoms with E-state index >= 15 is 0 Å². The maximum atomic E-state index is 13.0. The van der Waals surface area contributed by atoms with Gasteiger partial charge in [-0.15, -0.1) is 0 Å². The highest BCUT2D eigenvalue weighted by Gasteiger charge is 2.34. The van der Waals surface area contributed by atoms with Crippen LogP contribution < -0.4 is 21.1 Å². The van der Waals surface area contributed by atoms with Crippen LogP contribution in [0.2, 0.25) is 0 Å². The van der Waals surface area contributed by atoms with Gasteiger partial charge < -0.3 is 16.4 Å². The highest BCUT2D eigenvalue weighted by Crippen LogP contribution is 2.40. The Hall–Kier alpha value is -4.11. The Labute approximate surface area is 197 Å². The molecule has 1 aliphatic heterocycles. The normalized spacial score (nSPS) is 15.1. The van der Waals surface area contributed by atoms with Crippen LogP contribution in [0.4, 0.5) is 28.4 Å². The van der Waals surface area contributed by atoms with E-state index in [-0.39, 0.29) is 11.7 Å². The summed E-state index contributed by atoms with van der Waals surface area (Å²) in [6, 6.07) is 22.0. The number of fused-ring (bicyclic) bond motifs is 2. The number of nitrogen functional groups attached to an aromatic ring is 1. The molecule has 0 spiro atoms. The van der Waals surface area contributed by atoms with Crippen molar-refractivity contribution >= 4 is 55.3 Å². The average Bonchev–Trinajstić information content (AvgIpc) is 3.15. The summed E-state index contributed by atoms with van der Waals surface area (Å²) in [4.78, 5) is 17.8. The number of carbonyl (C=O) groups excluding carboxylic acids is 1. The van der Waals surface area contributed by atoms with E-state index < -0.39 is 15.9 Å². The van der Waals surface area contributed by atoms with Crippen LogP contribution in [-0.4, -0.2) is 25.1 Å². The van der Waals surface area contributed by atoms with Crippen LogP contribution in [0.3, 0.4) is 0 Å². The summed E-state index contributed by atoms with van der Waals surface area (Å²) < 4.78 is 26.6. The van der Waals surface area contributed by atoms with Crippen molar-refractivity contribution in [3.63, 3.8) is 0 Å². The van der Waals surface area contributed by atoms with Gasteiger partial charge in [0.05, 0.1) is 17.0 Å². The van der Waals surface area contributed by atoms with E-state index in [1.54, 1.807) is 25.1 Å². The van der Waals surface area contributed by atoms with Gasteiger partial charge in [0.15, 0.2) is 0 Å². The summed E-state index contributed by atoms with van der Waals surface area (Å²) in [5, 5.41) is 7.20. The fourth-order valence-corrected chi connectivity index (χ4v) is 4.67. The molecular formula is C25H23N5O3S. The molecule has 1 aromatic heterocycles. The molecule has 0 aliphatic carbocycles. The molecule has 0 saturated heterocycles. The van der Waals surface area contributed by atoms with E-state index in [4.69, 9.17) is 10.7 Å². The number of para-hydroxylation sites is 1. The fraction of sp³-hybridized carbons (Fsp3) is 0.120. The first-order valence-electron chi connectivity index (χ1n) is 10.8. The van der Waals surface area contributed by atoms with Crippen molar-refractivity contribution in [1.82, 2.24) is 4.98 Å². The number of aromatic nitrogens is 1. The molecule has 9 heteroatoms. The minimum absolute atomic E-state index is 0.0446. The zero-order valence-corrected chi connectivity index (χ0v) is 19.2. The molecule has 1 unspecified atom stereocenters. The van der Waals surface area contributed by atoms with Gasteiger partial charge in [0, 0.05) is 33.8 Å². The van der Waals surface area contributed by atoms with Gasteiger partial charge in [-0.1, -0.05) is 18.2 Å². The van der Waals surface area contributed by atoms with Gasteiger partial charge in [-0.3, -0.25) is 14.5 Å². The van der Waals surface area contributed by atoms with E-state index in [2.05, 4.69) is 15.4 Å². The first kappa shape index (κ1) is 21.7. The molecular weight excluding hydrogens is 450 g/mol. The minimum atomic E-state index is -3.45. The molecule has 3 aromatic carbocycles. The second-order valence-electron chi connectivity index (χ2n) is 8.09. The van der Waals surface area contributed by atoms with E-state index in [0.29, 0.717) is 28.3 Å². The molecule has 8 nitrogen and oxygen atoms in total. The van der Waals surface area contributed by atoms with Gasteiger partial charge in [-0.25, -0.2) is 8.42 Å². The highest BCUT2D eigenvalue weighted by molar-refractivity contribution is 7.92. The van der Waals surface area contributed by atoms with E-state index in [1.807, 2.05) is 54.6 Å². The summed E-state index contributed by atoms with van der Waals surface area (Å²) in [5.74, 6) is -0.943. The molecule has 2 heterocycles. The largest absolute Gasteiger partial charge is 0.399 e. The molecule has 0 saturated carbocycles. The molecule has 1 amide bonds. The average molecular weight is 474 g/mol. The smallest absolute Gasteiger partial charge is 0.238 e. The Balaban J connectivity index is 1.60. The fourth-order valence-electron chi connectivity index (χ4n) is 4.04. The van der Waals surface area contributed by atoms with Crippen LogP contribution in [0.25, 0.3) is 10.9 Å². The monoisotopic (exact) mass is 473 g/mol. The zero-order valence-electron chi connectivity index (χ0n) is 18.4. The summed E-state index contributed by atoms with van der Waals surface area (Å²) in [6.07, 6.45) is 0. The number of rotatable bonds is 6. The number of amides is 1. The van der Waals surface area contributed by atoms with Crippen molar-refractivity contribution in [2.45, 2.75) is 12.8 Å². The lowest BCUT2D eigenvalue weighted by molar-refractivity contribution is -0.116. The Morgan fingerprint density at radius 3 is 2.50 bits per heavy atom. The predicted molar refractivity (Wildman–Crippen MR) is 136 cm³/mol. The molecule has 5 N–H and O–H groups in total. The number of hydrogen-bond donors (Lipinski definition) is 4. The third-order valence-corrected chi connectivity index (χ3v) is 7.06. The number of sulfonamides is 1. The van der Waals surface area contributed by atoms with Crippen molar-refractivity contribution < 1.29 is 13.2 Å². The topological polar surface area (TPSA) is 126 Å². The minimum Gasteiger partial charge on any atom is -0.399 e. The Morgan fingerprint density at radius 1 is 1.00 bits per heavy atom. The second kappa shape index (κ2) is 8.35. The van der Waals surface area contributed by atoms with E-state index in [1.165, 1.54) is 0 Å². The quantitative estimate of drug-likeness (QED) is 0.307. The van der Waals surface area contributed by atoms with Gasteiger partial charge in [0.1, 0.15) is 5.92 Å². The number of nitrogens with zero attached hydrogens (tertiary/aromatic N) is 1. The number of nitrogens with two attached hydrogens (primary N) is 1. The number of anilines is 5. The number of benzene rings is 3. The van der Waals surface area contributed by atoms with Crippen molar-refractivity contribution in [1.29, 1.82) is 0 Å². The predicted octanol–water partition coefficient (Wildman–Crippen LogP) is 4.41. The maximum absolute atomic E-state index is 13.0. The molecule has 0 fully saturated rings. The van der Waals surface area contributed by atoms with E-state index in [0.717, 1.165) is 22.3 Å². The van der Waals surface area contributed by atoms with E-state index in [9.17, 15) is 13.2 Å². The van der Waals surface area contributed by atoms with Crippen LogP contribution in [0, 0.1) is 0 Å². The summed E-state index contributed by atoms with van der Waals surface area (Å²) in [5.41, 5.74) is 11.1. The molecule has 34 heavy (non-hydrogen) atoms. The Morgan fingerprint density at radius 2 is 1.74 bits per heavy atom.